The van der Waals surface area contributed by atoms with Crippen LogP contribution in [0.4, 0.5) is 34.1 Å². The number of benzene rings is 5. The Morgan fingerprint density at radius 2 is 0.897 bits per heavy atom. The zero-order valence-corrected chi connectivity index (χ0v) is 40.6. The van der Waals surface area contributed by atoms with E-state index >= 15 is 0 Å². The van der Waals surface area contributed by atoms with Crippen LogP contribution in [0.25, 0.3) is 0 Å². The summed E-state index contributed by atoms with van der Waals surface area (Å²) in [6.07, 6.45) is 0. The van der Waals surface area contributed by atoms with E-state index in [1.807, 2.05) is 0 Å². The number of Topliss-reactive ketones (excluding diaryl/α,β-unsaturated/α-hetero) is 2. The Kier molecular flexibility index (Phi) is 18.7. The van der Waals surface area contributed by atoms with Crippen LogP contribution in [0.5, 0.6) is 11.5 Å². The molecule has 0 fully saturated rings. The van der Waals surface area contributed by atoms with Gasteiger partial charge in [0.15, 0.2) is 23.1 Å². The van der Waals surface area contributed by atoms with Gasteiger partial charge in [-0.25, -0.2) is 0 Å². The first kappa shape index (κ1) is 52.3. The third-order valence-electron chi connectivity index (χ3n) is 9.73. The van der Waals surface area contributed by atoms with E-state index in [9.17, 15) is 28.8 Å². The number of ether oxygens (including phenoxy) is 2. The van der Waals surface area contributed by atoms with Crippen molar-refractivity contribution in [2.24, 2.45) is 20.5 Å². The molecule has 0 heterocycles. The van der Waals surface area contributed by atoms with E-state index in [-0.39, 0.29) is 79.4 Å². The van der Waals surface area contributed by atoms with Gasteiger partial charge in [-0.05, 0) is 113 Å². The van der Waals surface area contributed by atoms with E-state index in [0.717, 1.165) is 13.8 Å². The molecule has 5 aromatic rings. The number of alkyl halides is 2. The first-order valence-electron chi connectivity index (χ1n) is 21.0. The monoisotopic (exact) mass is 1000 g/mol. The van der Waals surface area contributed by atoms with Crippen molar-refractivity contribution < 1.29 is 38.2 Å². The van der Waals surface area contributed by atoms with Crippen LogP contribution in [0.2, 0.25) is 10.0 Å². The van der Waals surface area contributed by atoms with Crippen LogP contribution >= 0.6 is 46.4 Å². The Labute approximate surface area is 412 Å². The molecule has 4 N–H and O–H groups in total. The maximum Gasteiger partial charge on any atom is 0.258 e. The number of carbonyl (C=O) groups is 6. The first-order valence-corrected chi connectivity index (χ1v) is 22.6. The summed E-state index contributed by atoms with van der Waals surface area (Å²) < 4.78 is 11.8. The predicted octanol–water partition coefficient (Wildman–Crippen LogP) is 12.3. The number of rotatable bonds is 20. The average molecular weight is 1000 g/mol. The molecule has 4 atom stereocenters. The van der Waals surface area contributed by atoms with Crippen molar-refractivity contribution >= 4 is 116 Å². The van der Waals surface area contributed by atoms with E-state index in [0.29, 0.717) is 22.5 Å². The molecule has 16 nitrogen and oxygen atoms in total. The molecule has 0 saturated carbocycles. The Morgan fingerprint density at radius 3 is 1.24 bits per heavy atom. The number of carbonyl (C=O) groups excluding carboxylic acids is 6. The van der Waals surface area contributed by atoms with Gasteiger partial charge in [0.25, 0.3) is 23.6 Å². The highest BCUT2D eigenvalue weighted by Gasteiger charge is 2.29. The van der Waals surface area contributed by atoms with Gasteiger partial charge in [0.2, 0.25) is 12.1 Å². The minimum absolute atomic E-state index is 0.00793. The van der Waals surface area contributed by atoms with Crippen LogP contribution in [0.1, 0.15) is 84.1 Å². The van der Waals surface area contributed by atoms with Gasteiger partial charge in [-0.2, -0.15) is 20.5 Å². The summed E-state index contributed by atoms with van der Waals surface area (Å²) in [4.78, 5) is 79.5. The van der Waals surface area contributed by atoms with Gasteiger partial charge < -0.3 is 30.7 Å². The molecule has 5 aromatic carbocycles. The van der Waals surface area contributed by atoms with Gasteiger partial charge in [-0.1, -0.05) is 59.6 Å². The van der Waals surface area contributed by atoms with Crippen molar-refractivity contribution in [1.82, 2.24) is 0 Å². The molecular formula is C48H46Cl4N8O8. The van der Waals surface area contributed by atoms with Gasteiger partial charge in [-0.15, -0.1) is 23.2 Å². The molecule has 0 radical (unpaired) electrons. The summed E-state index contributed by atoms with van der Waals surface area (Å²) in [6, 6.07) is 22.0. The van der Waals surface area contributed by atoms with E-state index in [4.69, 9.17) is 55.9 Å². The van der Waals surface area contributed by atoms with Crippen molar-refractivity contribution in [2.45, 2.75) is 64.4 Å². The number of halogens is 4. The Bertz CT molecular complexity index is 2600. The largest absolute Gasteiger partial charge is 0.488 e. The molecule has 0 aromatic heterocycles. The number of anilines is 4. The topological polar surface area (TPSA) is 218 Å². The molecule has 0 bridgehead atoms. The normalized spacial score (nSPS) is 13.0. The third kappa shape index (κ3) is 13.5. The zero-order valence-electron chi connectivity index (χ0n) is 37.5. The maximum absolute atomic E-state index is 13.7. The quantitative estimate of drug-likeness (QED) is 0.0333. The van der Waals surface area contributed by atoms with E-state index < -0.39 is 47.3 Å². The van der Waals surface area contributed by atoms with Crippen molar-refractivity contribution in [1.29, 1.82) is 0 Å². The molecule has 68 heavy (non-hydrogen) atoms. The molecule has 4 amide bonds. The fourth-order valence-corrected chi connectivity index (χ4v) is 7.07. The molecule has 20 heteroatoms. The SMILES string of the molecule is CCOc1c(NC(=O)C(N=Nc2cc(C(=O)Nc3ccccc3C(C)Cl)ccc2Cl)C(C)=O)ccc(NC(=O)C(N=Nc2cc(C(=O)Nc3ccccc3C(C)Cl)ccc2Cl)C(C)=O)c1OCC. The molecule has 0 saturated heterocycles. The standard InChI is InChI=1S/C48H46Cl4N8O8/c1-7-67-43-37(55-47(65)41(27(5)61)59-57-39-23-29(17-19-33(39)51)45(63)53-35-15-11-9-13-31(35)25(3)49)21-22-38(44(43)68-8-2)56-48(66)42(28(6)62)60-58-40-24-30(18-20-34(40)52)46(64)54-36-16-12-10-14-32(36)26(4)50/h9-26,41-42H,7-8H2,1-6H3,(H,53,63)(H,54,64)(H,55,65)(H,56,66). The fraction of sp³-hybridized carbons (Fsp3) is 0.250. The van der Waals surface area contributed by atoms with Crippen molar-refractivity contribution in [3.05, 3.63) is 129 Å². The van der Waals surface area contributed by atoms with Gasteiger partial charge in [0.1, 0.15) is 11.4 Å². The number of azo groups is 2. The second-order valence-corrected chi connectivity index (χ2v) is 16.9. The van der Waals surface area contributed by atoms with Crippen LogP contribution in [-0.2, 0) is 19.2 Å². The lowest BCUT2D eigenvalue weighted by Gasteiger charge is -2.20. The van der Waals surface area contributed by atoms with Crippen LogP contribution in [0.3, 0.4) is 0 Å². The molecule has 5 rings (SSSR count). The molecule has 354 valence electrons. The van der Waals surface area contributed by atoms with Crippen molar-refractivity contribution in [2.75, 3.05) is 34.5 Å². The summed E-state index contributed by atoms with van der Waals surface area (Å²) in [5.74, 6) is -4.23. The number of ketones is 2. The summed E-state index contributed by atoms with van der Waals surface area (Å²) in [5.41, 5.74) is 2.85. The number of hydrogen-bond donors (Lipinski definition) is 4. The Hall–Kier alpha value is -6.72. The zero-order chi connectivity index (χ0) is 49.7. The predicted molar refractivity (Wildman–Crippen MR) is 264 cm³/mol. The number of amides is 4. The number of nitrogens with one attached hydrogen (secondary N) is 4. The maximum atomic E-state index is 13.7. The summed E-state index contributed by atoms with van der Waals surface area (Å²) in [5, 5.41) is 26.5. The Balaban J connectivity index is 1.35. The highest BCUT2D eigenvalue weighted by atomic mass is 35.5. The number of nitrogens with zero attached hydrogens (tertiary/aromatic N) is 4. The molecular weight excluding hydrogens is 958 g/mol. The van der Waals surface area contributed by atoms with Gasteiger partial charge >= 0.3 is 0 Å². The van der Waals surface area contributed by atoms with Crippen LogP contribution in [0.15, 0.2) is 118 Å². The minimum Gasteiger partial charge on any atom is -0.488 e. The van der Waals surface area contributed by atoms with Crippen LogP contribution < -0.4 is 30.7 Å². The Morgan fingerprint density at radius 1 is 0.529 bits per heavy atom. The van der Waals surface area contributed by atoms with E-state index in [1.54, 1.807) is 76.2 Å². The summed E-state index contributed by atoms with van der Waals surface area (Å²) in [6.45, 7) is 9.31. The molecule has 0 aliphatic carbocycles. The minimum atomic E-state index is -1.69. The number of hydrogen-bond acceptors (Lipinski definition) is 12. The van der Waals surface area contributed by atoms with Crippen LogP contribution in [-0.4, -0.2) is 60.5 Å². The second-order valence-electron chi connectivity index (χ2n) is 14.8. The third-order valence-corrected chi connectivity index (χ3v) is 10.8. The van der Waals surface area contributed by atoms with Crippen LogP contribution in [0, 0.1) is 0 Å². The highest BCUT2D eigenvalue weighted by Crippen LogP contribution is 2.42. The molecule has 0 aliphatic rings. The summed E-state index contributed by atoms with van der Waals surface area (Å²) in [7, 11) is 0. The van der Waals surface area contributed by atoms with Gasteiger partial charge in [0, 0.05) is 22.5 Å². The first-order chi connectivity index (χ1) is 32.4. The molecule has 0 spiro atoms. The van der Waals surface area contributed by atoms with Crippen molar-refractivity contribution in [3.63, 3.8) is 0 Å². The number of para-hydroxylation sites is 2. The van der Waals surface area contributed by atoms with Gasteiger partial charge in [0.05, 0.1) is 45.4 Å². The van der Waals surface area contributed by atoms with Gasteiger partial charge in [-0.3, -0.25) is 28.8 Å². The average Bonchev–Trinajstić information content (AvgIpc) is 3.29. The summed E-state index contributed by atoms with van der Waals surface area (Å²) >= 11 is 25.4. The lowest BCUT2D eigenvalue weighted by atomic mass is 10.1. The lowest BCUT2D eigenvalue weighted by molar-refractivity contribution is -0.127. The molecule has 4 unspecified atom stereocenters. The van der Waals surface area contributed by atoms with E-state index in [2.05, 4.69) is 41.7 Å². The smallest absolute Gasteiger partial charge is 0.258 e. The molecule has 0 aliphatic heterocycles. The lowest BCUT2D eigenvalue weighted by Crippen LogP contribution is -2.32. The fourth-order valence-electron chi connectivity index (χ4n) is 6.38. The second kappa shape index (κ2) is 24.3. The van der Waals surface area contributed by atoms with E-state index in [1.165, 1.54) is 48.5 Å². The van der Waals surface area contributed by atoms with Crippen molar-refractivity contribution in [3.8, 4) is 11.5 Å². The highest BCUT2D eigenvalue weighted by molar-refractivity contribution is 6.33.